The molecule has 3 N–H and O–H groups in total. The van der Waals surface area contributed by atoms with Crippen LogP contribution < -0.4 is 20.7 Å². The van der Waals surface area contributed by atoms with Gasteiger partial charge in [-0.25, -0.2) is 4.79 Å². The third-order valence-corrected chi connectivity index (χ3v) is 5.11. The monoisotopic (exact) mass is 445 g/mol. The zero-order valence-electron chi connectivity index (χ0n) is 18.9. The summed E-state index contributed by atoms with van der Waals surface area (Å²) < 4.78 is 10.5. The van der Waals surface area contributed by atoms with Crippen LogP contribution in [0.5, 0.6) is 5.75 Å². The Morgan fingerprint density at radius 3 is 2.31 bits per heavy atom. The number of benzene rings is 1. The first-order chi connectivity index (χ1) is 15.1. The molecule has 0 aromatic heterocycles. The Bertz CT molecular complexity index is 865. The van der Waals surface area contributed by atoms with Crippen LogP contribution in [0.2, 0.25) is 0 Å². The minimum atomic E-state index is -1.10. The quantitative estimate of drug-likeness (QED) is 0.447. The van der Waals surface area contributed by atoms with Crippen molar-refractivity contribution in [3.8, 4) is 5.75 Å². The van der Waals surface area contributed by atoms with Crippen LogP contribution >= 0.6 is 0 Å². The SMILES string of the molecule is C=C1NC(=O)[C@H](CCCc2ccc(OC)cc2)NC(=O)[C@H](C(C)C)OC(=O)[C@H](C)NC1=O. The number of methoxy groups -OCH3 is 1. The van der Waals surface area contributed by atoms with Crippen LogP contribution in [-0.4, -0.2) is 49.0 Å². The average molecular weight is 446 g/mol. The van der Waals surface area contributed by atoms with E-state index in [2.05, 4.69) is 22.5 Å². The summed E-state index contributed by atoms with van der Waals surface area (Å²) in [6.45, 7) is 8.44. The maximum absolute atomic E-state index is 12.8. The molecule has 0 aliphatic carbocycles. The topological polar surface area (TPSA) is 123 Å². The molecule has 0 spiro atoms. The van der Waals surface area contributed by atoms with Crippen molar-refractivity contribution in [3.05, 3.63) is 42.1 Å². The third-order valence-electron chi connectivity index (χ3n) is 5.11. The van der Waals surface area contributed by atoms with Crippen LogP contribution in [0.4, 0.5) is 0 Å². The van der Waals surface area contributed by atoms with Gasteiger partial charge in [-0.15, -0.1) is 0 Å². The molecule has 1 heterocycles. The second kappa shape index (κ2) is 11.3. The first-order valence-electron chi connectivity index (χ1n) is 10.6. The number of aryl methyl sites for hydroxylation is 1. The van der Waals surface area contributed by atoms with E-state index >= 15 is 0 Å². The molecule has 32 heavy (non-hydrogen) atoms. The van der Waals surface area contributed by atoms with E-state index in [1.54, 1.807) is 21.0 Å². The van der Waals surface area contributed by atoms with E-state index in [1.165, 1.54) is 6.92 Å². The molecule has 1 fully saturated rings. The second-order valence-corrected chi connectivity index (χ2v) is 8.07. The predicted molar refractivity (Wildman–Crippen MR) is 117 cm³/mol. The number of rotatable bonds is 6. The third kappa shape index (κ3) is 6.83. The molecule has 1 aliphatic heterocycles. The summed E-state index contributed by atoms with van der Waals surface area (Å²) in [5, 5.41) is 7.51. The Morgan fingerprint density at radius 2 is 1.72 bits per heavy atom. The lowest BCUT2D eigenvalue weighted by Gasteiger charge is -2.27. The molecular formula is C23H31N3O6. The van der Waals surface area contributed by atoms with Crippen LogP contribution in [0.3, 0.4) is 0 Å². The Balaban J connectivity index is 2.16. The molecule has 0 unspecified atom stereocenters. The normalized spacial score (nSPS) is 22.8. The standard InChI is InChI=1S/C23H31N3O6/c1-13(2)19-22(29)26-18(8-6-7-16-9-11-17(31-5)12-10-16)21(28)24-14(3)20(27)25-15(4)23(30)32-19/h9-13,15,18-19H,3,6-8H2,1-2,4-5H3,(H,24,28)(H,25,27)(H,26,29)/t15-,18-,19-/m0/s1. The summed E-state index contributed by atoms with van der Waals surface area (Å²) in [7, 11) is 1.59. The highest BCUT2D eigenvalue weighted by atomic mass is 16.5. The number of esters is 1. The Hall–Kier alpha value is -3.36. The van der Waals surface area contributed by atoms with Gasteiger partial charge in [0.2, 0.25) is 5.91 Å². The number of amides is 3. The molecule has 9 heteroatoms. The van der Waals surface area contributed by atoms with Crippen molar-refractivity contribution in [1.82, 2.24) is 16.0 Å². The van der Waals surface area contributed by atoms with Gasteiger partial charge < -0.3 is 25.4 Å². The van der Waals surface area contributed by atoms with Crippen molar-refractivity contribution in [2.45, 2.75) is 58.2 Å². The van der Waals surface area contributed by atoms with Crippen molar-refractivity contribution in [3.63, 3.8) is 0 Å². The highest BCUT2D eigenvalue weighted by molar-refractivity contribution is 6.01. The predicted octanol–water partition coefficient (Wildman–Crippen LogP) is 1.22. The smallest absolute Gasteiger partial charge is 0.329 e. The Kier molecular flexibility index (Phi) is 8.80. The van der Waals surface area contributed by atoms with E-state index in [0.29, 0.717) is 19.3 Å². The van der Waals surface area contributed by atoms with E-state index in [-0.39, 0.29) is 11.6 Å². The van der Waals surface area contributed by atoms with Gasteiger partial charge >= 0.3 is 5.97 Å². The molecule has 0 radical (unpaired) electrons. The van der Waals surface area contributed by atoms with E-state index in [1.807, 2.05) is 24.3 Å². The second-order valence-electron chi connectivity index (χ2n) is 8.07. The van der Waals surface area contributed by atoms with Crippen molar-refractivity contribution in [2.75, 3.05) is 7.11 Å². The summed E-state index contributed by atoms with van der Waals surface area (Å²) in [4.78, 5) is 50.2. The van der Waals surface area contributed by atoms with Crippen molar-refractivity contribution < 1.29 is 28.7 Å². The number of ether oxygens (including phenoxy) is 2. The number of hydrogen-bond donors (Lipinski definition) is 3. The number of carbonyl (C=O) groups is 4. The molecule has 174 valence electrons. The van der Waals surface area contributed by atoms with Gasteiger partial charge in [-0.2, -0.15) is 0 Å². The molecule has 1 aromatic rings. The number of hydrogen-bond acceptors (Lipinski definition) is 6. The molecule has 2 rings (SSSR count). The van der Waals surface area contributed by atoms with Crippen molar-refractivity contribution in [2.24, 2.45) is 5.92 Å². The summed E-state index contributed by atoms with van der Waals surface area (Å²) in [6, 6.07) is 5.63. The maximum atomic E-state index is 12.8. The van der Waals surface area contributed by atoms with Crippen LogP contribution in [0, 0.1) is 5.92 Å². The van der Waals surface area contributed by atoms with Gasteiger partial charge in [0, 0.05) is 0 Å². The largest absolute Gasteiger partial charge is 0.497 e. The molecular weight excluding hydrogens is 414 g/mol. The van der Waals surface area contributed by atoms with Crippen LogP contribution in [0.1, 0.15) is 39.2 Å². The molecule has 1 aromatic carbocycles. The fourth-order valence-electron chi connectivity index (χ4n) is 3.18. The van der Waals surface area contributed by atoms with Crippen molar-refractivity contribution >= 4 is 23.7 Å². The minimum Gasteiger partial charge on any atom is -0.497 e. The molecule has 3 atom stereocenters. The zero-order valence-corrected chi connectivity index (χ0v) is 18.9. The fraction of sp³-hybridized carbons (Fsp3) is 0.478. The molecule has 1 aliphatic rings. The van der Waals surface area contributed by atoms with Gasteiger partial charge in [0.05, 0.1) is 12.8 Å². The Labute approximate surface area is 187 Å². The highest BCUT2D eigenvalue weighted by Crippen LogP contribution is 2.15. The number of cyclic esters (lactones) is 1. The molecule has 9 nitrogen and oxygen atoms in total. The molecule has 3 amide bonds. The van der Waals surface area contributed by atoms with E-state index in [9.17, 15) is 19.2 Å². The lowest BCUT2D eigenvalue weighted by Crippen LogP contribution is -2.54. The molecule has 1 saturated heterocycles. The summed E-state index contributed by atoms with van der Waals surface area (Å²) in [5.41, 5.74) is 0.836. The van der Waals surface area contributed by atoms with E-state index in [0.717, 1.165) is 11.3 Å². The van der Waals surface area contributed by atoms with E-state index in [4.69, 9.17) is 9.47 Å². The van der Waals surface area contributed by atoms with Crippen LogP contribution in [-0.2, 0) is 30.3 Å². The zero-order chi connectivity index (χ0) is 23.8. The number of carbonyl (C=O) groups excluding carboxylic acids is 4. The van der Waals surface area contributed by atoms with E-state index < -0.39 is 41.9 Å². The lowest BCUT2D eigenvalue weighted by molar-refractivity contribution is -0.161. The van der Waals surface area contributed by atoms with Gasteiger partial charge in [0.25, 0.3) is 11.8 Å². The fourth-order valence-corrected chi connectivity index (χ4v) is 3.18. The number of nitrogens with one attached hydrogen (secondary N) is 3. The summed E-state index contributed by atoms with van der Waals surface area (Å²) in [6.07, 6.45) is 0.479. The maximum Gasteiger partial charge on any atom is 0.329 e. The minimum absolute atomic E-state index is 0.218. The van der Waals surface area contributed by atoms with Gasteiger partial charge in [-0.05, 0) is 49.8 Å². The average Bonchev–Trinajstić information content (AvgIpc) is 2.75. The molecule has 0 saturated carbocycles. The van der Waals surface area contributed by atoms with Gasteiger partial charge in [0.1, 0.15) is 17.8 Å². The van der Waals surface area contributed by atoms with Gasteiger partial charge in [-0.1, -0.05) is 32.6 Å². The summed E-state index contributed by atoms with van der Waals surface area (Å²) in [5.74, 6) is -2.16. The van der Waals surface area contributed by atoms with Crippen LogP contribution in [0.25, 0.3) is 0 Å². The van der Waals surface area contributed by atoms with Gasteiger partial charge in [-0.3, -0.25) is 14.4 Å². The first kappa shape index (κ1) is 24.9. The van der Waals surface area contributed by atoms with Gasteiger partial charge in [0.15, 0.2) is 6.10 Å². The highest BCUT2D eigenvalue weighted by Gasteiger charge is 2.33. The Morgan fingerprint density at radius 1 is 1.06 bits per heavy atom. The van der Waals surface area contributed by atoms with Crippen molar-refractivity contribution in [1.29, 1.82) is 0 Å². The summed E-state index contributed by atoms with van der Waals surface area (Å²) >= 11 is 0. The molecule has 0 bridgehead atoms. The lowest BCUT2D eigenvalue weighted by atomic mass is 10.0. The van der Waals surface area contributed by atoms with Crippen LogP contribution in [0.15, 0.2) is 36.5 Å². The first-order valence-corrected chi connectivity index (χ1v) is 10.6.